The molecule has 0 bridgehead atoms. The molecule has 2 atom stereocenters. The molecule has 0 aliphatic carbocycles. The van der Waals surface area contributed by atoms with Gasteiger partial charge in [0.05, 0.1) is 0 Å². The monoisotopic (exact) mass is 824 g/mol. The van der Waals surface area contributed by atoms with Gasteiger partial charge < -0.3 is 23.7 Å². The highest BCUT2D eigenvalue weighted by Crippen LogP contribution is 2.46. The number of alkyl halides is 22. The maximum absolute atomic E-state index is 12.4. The maximum Gasteiger partial charge on any atom is 0.454 e. The van der Waals surface area contributed by atoms with Crippen molar-refractivity contribution in [2.45, 2.75) is 121 Å². The third-order valence-corrected chi connectivity index (χ3v) is 4.40. The summed E-state index contributed by atoms with van der Waals surface area (Å²) in [6.45, 7) is 4.83. The van der Waals surface area contributed by atoms with E-state index in [1.807, 2.05) is 0 Å². The summed E-state index contributed by atoms with van der Waals surface area (Å²) in [7, 11) is 2.59. The van der Waals surface area contributed by atoms with Crippen LogP contribution in [0.1, 0.15) is 54.9 Å². The highest BCUT2D eigenvalue weighted by molar-refractivity contribution is 4.89. The maximum atomic E-state index is 12.4. The number of hydrogen-bond donors (Lipinski definition) is 0. The number of ether oxygens (including phenoxy) is 5. The SMILES string of the molecule is CCC.COC(C)(F)C(F)(F)F.COC(C)(F)F.COC(F)(C(C)(F)F)C(F)(F)F.COC(F)(F)C(C)(F)F.COC(F)(F)C(F)(F)C(C)(F)F. The number of hydrogen-bond acceptors (Lipinski definition) is 5. The summed E-state index contributed by atoms with van der Waals surface area (Å²) in [4.78, 5) is 0. The number of rotatable bonds is 9. The topological polar surface area (TPSA) is 46.2 Å². The Morgan fingerprint density at radius 3 is 0.647 bits per heavy atom. The van der Waals surface area contributed by atoms with Gasteiger partial charge in [-0.25, -0.2) is 13.2 Å². The number of halogens is 22. The van der Waals surface area contributed by atoms with Gasteiger partial charge in [0.15, 0.2) is 0 Å². The molecule has 0 radical (unpaired) electrons. The van der Waals surface area contributed by atoms with Crippen molar-refractivity contribution in [1.82, 2.24) is 0 Å². The van der Waals surface area contributed by atoms with E-state index in [0.717, 1.165) is 7.11 Å². The summed E-state index contributed by atoms with van der Waals surface area (Å²) >= 11 is 0. The van der Waals surface area contributed by atoms with Gasteiger partial charge in [0.1, 0.15) is 0 Å². The van der Waals surface area contributed by atoms with E-state index >= 15 is 0 Å². The Morgan fingerprint density at radius 1 is 0.353 bits per heavy atom. The fourth-order valence-electron chi connectivity index (χ4n) is 1.22. The van der Waals surface area contributed by atoms with Gasteiger partial charge in [0.25, 0.3) is 0 Å². The van der Waals surface area contributed by atoms with Crippen molar-refractivity contribution in [3.63, 3.8) is 0 Å². The molecule has 27 heteroatoms. The van der Waals surface area contributed by atoms with Crippen LogP contribution in [0.15, 0.2) is 0 Å². The van der Waals surface area contributed by atoms with Gasteiger partial charge in [0.2, 0.25) is 0 Å². The molecule has 51 heavy (non-hydrogen) atoms. The fourth-order valence-corrected chi connectivity index (χ4v) is 1.22. The molecule has 0 aliphatic heterocycles. The van der Waals surface area contributed by atoms with Crippen molar-refractivity contribution < 1.29 is 120 Å². The molecule has 0 fully saturated rings. The molecule has 0 aromatic carbocycles. The van der Waals surface area contributed by atoms with Crippen LogP contribution < -0.4 is 0 Å². The van der Waals surface area contributed by atoms with Crippen molar-refractivity contribution in [2.75, 3.05) is 35.5 Å². The normalized spacial score (nSPS) is 15.6. The summed E-state index contributed by atoms with van der Waals surface area (Å²) in [5, 5.41) is 0. The molecule has 0 spiro atoms. The van der Waals surface area contributed by atoms with Gasteiger partial charge in [-0.2, -0.15) is 83.4 Å². The van der Waals surface area contributed by atoms with E-state index in [-0.39, 0.29) is 35.0 Å². The highest BCUT2D eigenvalue weighted by atomic mass is 19.4. The Balaban J connectivity index is -0.000000124. The molecule has 0 aliphatic rings. The van der Waals surface area contributed by atoms with Crippen LogP contribution >= 0.6 is 0 Å². The summed E-state index contributed by atoms with van der Waals surface area (Å²) < 4.78 is 275. The molecule has 0 amide bonds. The van der Waals surface area contributed by atoms with Crippen LogP contribution in [0.5, 0.6) is 0 Å². The minimum Gasteiger partial charge on any atom is -0.342 e. The molecular formula is C24H38F22O5. The largest absolute Gasteiger partial charge is 0.454 e. The molecule has 318 valence electrons. The predicted molar refractivity (Wildman–Crippen MR) is 134 cm³/mol. The lowest BCUT2D eigenvalue weighted by molar-refractivity contribution is -0.388. The second-order valence-electron chi connectivity index (χ2n) is 9.32. The van der Waals surface area contributed by atoms with E-state index in [0.29, 0.717) is 28.1 Å². The van der Waals surface area contributed by atoms with E-state index in [1.165, 1.54) is 6.42 Å². The van der Waals surface area contributed by atoms with Gasteiger partial charge in [-0.3, -0.25) is 0 Å². The molecule has 0 N–H and O–H groups in total. The lowest BCUT2D eigenvalue weighted by Gasteiger charge is -2.30. The van der Waals surface area contributed by atoms with Crippen molar-refractivity contribution >= 4 is 0 Å². The van der Waals surface area contributed by atoms with E-state index in [9.17, 15) is 96.6 Å². The van der Waals surface area contributed by atoms with Crippen LogP contribution in [0.3, 0.4) is 0 Å². The average Bonchev–Trinajstić information content (AvgIpc) is 2.90. The zero-order valence-electron chi connectivity index (χ0n) is 28.6. The Kier molecular flexibility index (Phi) is 26.2. The van der Waals surface area contributed by atoms with E-state index < -0.39 is 66.1 Å². The van der Waals surface area contributed by atoms with Crippen LogP contribution in [0.4, 0.5) is 96.6 Å². The molecule has 5 nitrogen and oxygen atoms in total. The average molecular weight is 825 g/mol. The fraction of sp³-hybridized carbons (Fsp3) is 1.00. The van der Waals surface area contributed by atoms with Gasteiger partial charge in [-0.05, 0) is 0 Å². The standard InChI is InChI=1S/2C5H6F6O.2C4H6F4O.C3H6F2O.C3H8/c1-3(6,7)4(8,12-2)5(9,10)11;1-3(6,7)4(8,9)5(10,11)12-2;1-3(5,9-2)4(6,7)8;1-3(5,6)4(7,8)9-2;1-3(4,5)6-2;1-3-2/h2*1-2H3;2*1-2H3;1-2H3;3H2,1-2H3. The first-order chi connectivity index (χ1) is 21.7. The van der Waals surface area contributed by atoms with Crippen LogP contribution in [0.25, 0.3) is 0 Å². The molecule has 0 rings (SSSR count). The first-order valence-corrected chi connectivity index (χ1v) is 12.6. The molecule has 0 aromatic heterocycles. The minimum absolute atomic E-state index is 0.0938. The third kappa shape index (κ3) is 22.8. The van der Waals surface area contributed by atoms with Crippen LogP contribution in [0, 0.1) is 0 Å². The van der Waals surface area contributed by atoms with Crippen LogP contribution in [-0.2, 0) is 23.7 Å². The summed E-state index contributed by atoms with van der Waals surface area (Å²) in [5.41, 5.74) is 0. The molecule has 0 saturated carbocycles. The lowest BCUT2D eigenvalue weighted by atomic mass is 10.1. The lowest BCUT2D eigenvalue weighted by Crippen LogP contribution is -2.55. The third-order valence-electron chi connectivity index (χ3n) is 4.40. The molecular weight excluding hydrogens is 786 g/mol. The molecule has 0 aromatic rings. The summed E-state index contributed by atoms with van der Waals surface area (Å²) in [6, 6.07) is 0. The first-order valence-electron chi connectivity index (χ1n) is 12.6. The van der Waals surface area contributed by atoms with Crippen LogP contribution in [-0.4, -0.2) is 102 Å². The van der Waals surface area contributed by atoms with Crippen molar-refractivity contribution in [3.8, 4) is 0 Å². The molecule has 0 saturated heterocycles. The van der Waals surface area contributed by atoms with Gasteiger partial charge in [-0.1, -0.05) is 20.3 Å². The van der Waals surface area contributed by atoms with Crippen molar-refractivity contribution in [3.05, 3.63) is 0 Å². The predicted octanol–water partition coefficient (Wildman–Crippen LogP) is 11.5. The molecule has 0 heterocycles. The summed E-state index contributed by atoms with van der Waals surface area (Å²) in [6.07, 6.45) is -21.9. The minimum atomic E-state index is -5.75. The second kappa shape index (κ2) is 21.8. The molecule has 2 unspecified atom stereocenters. The Hall–Kier alpha value is -1.74. The van der Waals surface area contributed by atoms with Crippen LogP contribution in [0.2, 0.25) is 0 Å². The second-order valence-corrected chi connectivity index (χ2v) is 9.32. The van der Waals surface area contributed by atoms with Gasteiger partial charge >= 0.3 is 66.1 Å². The quantitative estimate of drug-likeness (QED) is 0.217. The zero-order chi connectivity index (χ0) is 43.7. The number of methoxy groups -OCH3 is 5. The van der Waals surface area contributed by atoms with E-state index in [2.05, 4.69) is 37.5 Å². The van der Waals surface area contributed by atoms with Gasteiger partial charge in [-0.15, -0.1) is 0 Å². The Bertz CT molecular complexity index is 843. The van der Waals surface area contributed by atoms with E-state index in [4.69, 9.17) is 0 Å². The van der Waals surface area contributed by atoms with Crippen molar-refractivity contribution in [2.24, 2.45) is 0 Å². The Morgan fingerprint density at radius 2 is 0.627 bits per heavy atom. The summed E-state index contributed by atoms with van der Waals surface area (Å²) in [5.74, 6) is -27.5. The highest BCUT2D eigenvalue weighted by Gasteiger charge is 2.71. The smallest absolute Gasteiger partial charge is 0.342 e. The zero-order valence-corrected chi connectivity index (χ0v) is 28.6. The van der Waals surface area contributed by atoms with E-state index in [1.54, 1.807) is 0 Å². The first kappa shape index (κ1) is 61.3. The van der Waals surface area contributed by atoms with Crippen molar-refractivity contribution in [1.29, 1.82) is 0 Å². The Labute approximate surface area is 277 Å². The van der Waals surface area contributed by atoms with Gasteiger partial charge in [0, 0.05) is 70.2 Å².